The highest BCUT2D eigenvalue weighted by Crippen LogP contribution is 2.30. The highest BCUT2D eigenvalue weighted by atomic mass is 32.2. The van der Waals surface area contributed by atoms with Gasteiger partial charge in [0, 0.05) is 36.7 Å². The van der Waals surface area contributed by atoms with E-state index in [-0.39, 0.29) is 17.3 Å². The summed E-state index contributed by atoms with van der Waals surface area (Å²) in [4.78, 5) is 26.9. The third-order valence-corrected chi connectivity index (χ3v) is 5.05. The molecule has 1 saturated heterocycles. The number of hydrogen-bond acceptors (Lipinski definition) is 3. The lowest BCUT2D eigenvalue weighted by Gasteiger charge is -2.30. The van der Waals surface area contributed by atoms with Gasteiger partial charge in [0.15, 0.2) is 0 Å². The Balaban J connectivity index is 2.64. The number of carbonyl (C=O) groups excluding carboxylic acids is 1. The lowest BCUT2D eigenvalue weighted by molar-refractivity contribution is -0.141. The summed E-state index contributed by atoms with van der Waals surface area (Å²) < 4.78 is 0.209. The molecule has 0 aromatic heterocycles. The van der Waals surface area contributed by atoms with E-state index in [4.69, 9.17) is 5.11 Å². The number of rotatable bonds is 4. The van der Waals surface area contributed by atoms with E-state index in [0.29, 0.717) is 6.54 Å². The number of carboxylic acids is 1. The van der Waals surface area contributed by atoms with Gasteiger partial charge in [0.1, 0.15) is 0 Å². The topological polar surface area (TPSA) is 60.9 Å². The molecule has 1 N–H and O–H groups in total. The van der Waals surface area contributed by atoms with Crippen LogP contribution in [-0.2, 0) is 4.79 Å². The number of thioether (sulfide) groups is 1. The van der Waals surface area contributed by atoms with Gasteiger partial charge < -0.3 is 14.9 Å². The molecule has 20 heavy (non-hydrogen) atoms. The number of amides is 2. The van der Waals surface area contributed by atoms with Gasteiger partial charge in [0.25, 0.3) is 0 Å². The van der Waals surface area contributed by atoms with Crippen LogP contribution in [0.1, 0.15) is 34.1 Å². The molecule has 1 fully saturated rings. The molecule has 1 aliphatic heterocycles. The SMILES string of the molecule is CCN(CC(C)C(=O)O)C(=O)N1CCSC(C)(C)CC1. The van der Waals surface area contributed by atoms with Gasteiger partial charge in [-0.05, 0) is 13.3 Å². The normalized spacial score (nSPS) is 20.1. The molecule has 0 aromatic rings. The molecule has 2 amide bonds. The number of nitrogens with zero attached hydrogens (tertiary/aromatic N) is 2. The summed E-state index contributed by atoms with van der Waals surface area (Å²) in [6.07, 6.45) is 0.968. The molecular formula is C14H26N2O3S. The minimum Gasteiger partial charge on any atom is -0.481 e. The molecule has 116 valence electrons. The minimum atomic E-state index is -0.858. The smallest absolute Gasteiger partial charge is 0.320 e. The van der Waals surface area contributed by atoms with E-state index < -0.39 is 11.9 Å². The number of aliphatic carboxylic acids is 1. The largest absolute Gasteiger partial charge is 0.481 e. The maximum atomic E-state index is 12.5. The van der Waals surface area contributed by atoms with Gasteiger partial charge in [0.2, 0.25) is 0 Å². The third kappa shape index (κ3) is 4.89. The maximum Gasteiger partial charge on any atom is 0.320 e. The fourth-order valence-electron chi connectivity index (χ4n) is 2.16. The molecule has 0 saturated carbocycles. The molecule has 0 bridgehead atoms. The second-order valence-corrected chi connectivity index (χ2v) is 7.71. The van der Waals surface area contributed by atoms with Crippen molar-refractivity contribution in [1.82, 2.24) is 9.80 Å². The van der Waals surface area contributed by atoms with E-state index in [1.807, 2.05) is 23.6 Å². The Hall–Kier alpha value is -0.910. The quantitative estimate of drug-likeness (QED) is 0.866. The van der Waals surface area contributed by atoms with E-state index in [2.05, 4.69) is 13.8 Å². The number of urea groups is 1. The predicted molar refractivity (Wildman–Crippen MR) is 82.2 cm³/mol. The molecule has 0 aliphatic carbocycles. The van der Waals surface area contributed by atoms with Crippen LogP contribution in [0.5, 0.6) is 0 Å². The fraction of sp³-hybridized carbons (Fsp3) is 0.857. The summed E-state index contributed by atoms with van der Waals surface area (Å²) in [5, 5.41) is 8.98. The van der Waals surface area contributed by atoms with E-state index in [1.54, 1.807) is 11.8 Å². The Morgan fingerprint density at radius 2 is 2.05 bits per heavy atom. The molecule has 1 unspecified atom stereocenters. The van der Waals surface area contributed by atoms with Gasteiger partial charge in [-0.1, -0.05) is 20.8 Å². The molecule has 0 spiro atoms. The Morgan fingerprint density at radius 3 is 2.60 bits per heavy atom. The zero-order valence-electron chi connectivity index (χ0n) is 12.9. The maximum absolute atomic E-state index is 12.5. The average molecular weight is 302 g/mol. The van der Waals surface area contributed by atoms with Gasteiger partial charge in [-0.3, -0.25) is 4.79 Å². The number of hydrogen-bond donors (Lipinski definition) is 1. The highest BCUT2D eigenvalue weighted by molar-refractivity contribution is 8.00. The van der Waals surface area contributed by atoms with Gasteiger partial charge in [-0.25, -0.2) is 4.79 Å². The molecule has 5 nitrogen and oxygen atoms in total. The molecular weight excluding hydrogens is 276 g/mol. The van der Waals surface area contributed by atoms with E-state index >= 15 is 0 Å². The summed E-state index contributed by atoms with van der Waals surface area (Å²) in [6.45, 7) is 10.2. The number of carboxylic acid groups (broad SMARTS) is 1. The van der Waals surface area contributed by atoms with E-state index in [9.17, 15) is 9.59 Å². The summed E-state index contributed by atoms with van der Waals surface area (Å²) in [6, 6.07) is -0.0288. The number of carbonyl (C=O) groups is 2. The van der Waals surface area contributed by atoms with Crippen molar-refractivity contribution in [2.45, 2.75) is 38.9 Å². The van der Waals surface area contributed by atoms with Crippen LogP contribution in [0, 0.1) is 5.92 Å². The van der Waals surface area contributed by atoms with Crippen molar-refractivity contribution >= 4 is 23.8 Å². The van der Waals surface area contributed by atoms with Crippen molar-refractivity contribution in [3.63, 3.8) is 0 Å². The standard InChI is InChI=1S/C14H26N2O3S/c1-5-15(10-11(2)12(17)18)13(19)16-7-6-14(3,4)20-9-8-16/h11H,5-10H2,1-4H3,(H,17,18). The van der Waals surface area contributed by atoms with Crippen molar-refractivity contribution in [3.05, 3.63) is 0 Å². The predicted octanol–water partition coefficient (Wildman–Crippen LogP) is 2.37. The van der Waals surface area contributed by atoms with Crippen molar-refractivity contribution in [2.24, 2.45) is 5.92 Å². The first-order valence-electron chi connectivity index (χ1n) is 7.17. The zero-order valence-corrected chi connectivity index (χ0v) is 13.7. The van der Waals surface area contributed by atoms with Crippen molar-refractivity contribution in [3.8, 4) is 0 Å². The van der Waals surface area contributed by atoms with Gasteiger partial charge >= 0.3 is 12.0 Å². The molecule has 6 heteroatoms. The van der Waals surface area contributed by atoms with Crippen LogP contribution in [-0.4, -0.2) is 63.6 Å². The van der Waals surface area contributed by atoms with Crippen molar-refractivity contribution < 1.29 is 14.7 Å². The first kappa shape index (κ1) is 17.1. The Kier molecular flexibility index (Phi) is 6.17. The van der Waals surface area contributed by atoms with Crippen LogP contribution in [0.2, 0.25) is 0 Å². The van der Waals surface area contributed by atoms with Crippen LogP contribution < -0.4 is 0 Å². The van der Waals surface area contributed by atoms with Crippen LogP contribution in [0.4, 0.5) is 4.79 Å². The molecule has 1 rings (SSSR count). The van der Waals surface area contributed by atoms with E-state index in [0.717, 1.165) is 25.3 Å². The third-order valence-electron chi connectivity index (χ3n) is 3.68. The lowest BCUT2D eigenvalue weighted by atomic mass is 10.1. The average Bonchev–Trinajstić information content (AvgIpc) is 2.55. The van der Waals surface area contributed by atoms with E-state index in [1.165, 1.54) is 0 Å². The second kappa shape index (κ2) is 7.20. The lowest BCUT2D eigenvalue weighted by Crippen LogP contribution is -2.46. The molecule has 1 aliphatic rings. The molecule has 0 aromatic carbocycles. The molecule has 1 atom stereocenters. The minimum absolute atomic E-state index is 0.0288. The monoisotopic (exact) mass is 302 g/mol. The second-order valence-electron chi connectivity index (χ2n) is 5.91. The Morgan fingerprint density at radius 1 is 1.40 bits per heavy atom. The van der Waals surface area contributed by atoms with Gasteiger partial charge in [-0.2, -0.15) is 11.8 Å². The highest BCUT2D eigenvalue weighted by Gasteiger charge is 2.29. The van der Waals surface area contributed by atoms with Crippen LogP contribution in [0.15, 0.2) is 0 Å². The summed E-state index contributed by atoms with van der Waals surface area (Å²) >= 11 is 1.89. The fourth-order valence-corrected chi connectivity index (χ4v) is 3.26. The zero-order chi connectivity index (χ0) is 15.3. The molecule has 0 radical (unpaired) electrons. The van der Waals surface area contributed by atoms with Crippen LogP contribution in [0.3, 0.4) is 0 Å². The Labute approximate surface area is 125 Å². The van der Waals surface area contributed by atoms with Crippen LogP contribution >= 0.6 is 11.8 Å². The molecule has 1 heterocycles. The van der Waals surface area contributed by atoms with Crippen LogP contribution in [0.25, 0.3) is 0 Å². The van der Waals surface area contributed by atoms with Crippen molar-refractivity contribution in [1.29, 1.82) is 0 Å². The Bertz CT molecular complexity index is 360. The summed E-state index contributed by atoms with van der Waals surface area (Å²) in [5.41, 5.74) is 0. The summed E-state index contributed by atoms with van der Waals surface area (Å²) in [7, 11) is 0. The van der Waals surface area contributed by atoms with Crippen molar-refractivity contribution in [2.75, 3.05) is 31.9 Å². The summed E-state index contributed by atoms with van der Waals surface area (Å²) in [5.74, 6) is -0.453. The first-order valence-corrected chi connectivity index (χ1v) is 8.16. The van der Waals surface area contributed by atoms with Gasteiger partial charge in [0.05, 0.1) is 5.92 Å². The van der Waals surface area contributed by atoms with Gasteiger partial charge in [-0.15, -0.1) is 0 Å². The first-order chi connectivity index (χ1) is 9.26.